The second-order valence-electron chi connectivity index (χ2n) is 8.73. The van der Waals surface area contributed by atoms with E-state index in [4.69, 9.17) is 18.9 Å². The molecular formula is C31H31NO8. The lowest BCUT2D eigenvalue weighted by molar-refractivity contribution is -0.132. The number of rotatable bonds is 10. The number of amides is 1. The number of esters is 1. The van der Waals surface area contributed by atoms with Gasteiger partial charge in [0.05, 0.1) is 49.7 Å². The summed E-state index contributed by atoms with van der Waals surface area (Å²) in [6.07, 6.45) is 0. The minimum Gasteiger partial charge on any atom is -0.507 e. The number of carbonyl (C=O) groups is 3. The van der Waals surface area contributed by atoms with Crippen molar-refractivity contribution in [3.05, 3.63) is 89.0 Å². The Balaban J connectivity index is 1.88. The first-order chi connectivity index (χ1) is 19.3. The number of methoxy groups -OCH3 is 1. The fourth-order valence-corrected chi connectivity index (χ4v) is 4.55. The van der Waals surface area contributed by atoms with Gasteiger partial charge in [-0.1, -0.05) is 12.1 Å². The normalized spacial score (nSPS) is 16.1. The Labute approximate surface area is 232 Å². The molecule has 1 atom stereocenters. The van der Waals surface area contributed by atoms with Crippen molar-refractivity contribution >= 4 is 29.1 Å². The van der Waals surface area contributed by atoms with Crippen LogP contribution in [0.1, 0.15) is 48.3 Å². The van der Waals surface area contributed by atoms with Gasteiger partial charge in [0.1, 0.15) is 23.0 Å². The Morgan fingerprint density at radius 3 is 2.10 bits per heavy atom. The van der Waals surface area contributed by atoms with Crippen molar-refractivity contribution in [1.29, 1.82) is 0 Å². The Bertz CT molecular complexity index is 1430. The molecule has 9 nitrogen and oxygen atoms in total. The molecule has 0 bridgehead atoms. The number of hydrogen-bond donors (Lipinski definition) is 1. The predicted molar refractivity (Wildman–Crippen MR) is 149 cm³/mol. The van der Waals surface area contributed by atoms with Crippen LogP contribution in [-0.4, -0.2) is 49.7 Å². The summed E-state index contributed by atoms with van der Waals surface area (Å²) in [5.74, 6) is -1.12. The van der Waals surface area contributed by atoms with Crippen LogP contribution in [0, 0.1) is 0 Å². The van der Waals surface area contributed by atoms with Crippen molar-refractivity contribution in [2.24, 2.45) is 0 Å². The third kappa shape index (κ3) is 5.49. The molecule has 1 N–H and O–H groups in total. The molecule has 1 heterocycles. The molecule has 208 valence electrons. The Hall–Kier alpha value is -4.79. The highest BCUT2D eigenvalue weighted by Gasteiger charge is 2.47. The van der Waals surface area contributed by atoms with E-state index >= 15 is 0 Å². The Morgan fingerprint density at radius 1 is 0.850 bits per heavy atom. The number of aliphatic hydroxyl groups is 1. The van der Waals surface area contributed by atoms with Crippen LogP contribution in [0.2, 0.25) is 0 Å². The van der Waals surface area contributed by atoms with E-state index in [0.717, 1.165) is 0 Å². The summed E-state index contributed by atoms with van der Waals surface area (Å²) < 4.78 is 21.7. The van der Waals surface area contributed by atoms with E-state index in [9.17, 15) is 19.5 Å². The lowest BCUT2D eigenvalue weighted by Gasteiger charge is -2.26. The molecule has 0 aromatic heterocycles. The predicted octanol–water partition coefficient (Wildman–Crippen LogP) is 5.30. The molecule has 1 aliphatic heterocycles. The van der Waals surface area contributed by atoms with Crippen molar-refractivity contribution in [3.8, 4) is 17.2 Å². The molecule has 0 aliphatic carbocycles. The smallest absolute Gasteiger partial charge is 0.338 e. The second kappa shape index (κ2) is 12.4. The zero-order valence-electron chi connectivity index (χ0n) is 22.8. The summed E-state index contributed by atoms with van der Waals surface area (Å²) in [7, 11) is 1.54. The average Bonchev–Trinajstić information content (AvgIpc) is 3.23. The molecule has 9 heteroatoms. The average molecular weight is 546 g/mol. The molecule has 1 fully saturated rings. The topological polar surface area (TPSA) is 112 Å². The van der Waals surface area contributed by atoms with E-state index in [1.54, 1.807) is 68.4 Å². The monoisotopic (exact) mass is 545 g/mol. The van der Waals surface area contributed by atoms with Crippen LogP contribution in [0.3, 0.4) is 0 Å². The number of nitrogens with zero attached hydrogens (tertiary/aromatic N) is 1. The highest BCUT2D eigenvalue weighted by atomic mass is 16.5. The molecule has 1 unspecified atom stereocenters. The molecule has 0 spiro atoms. The summed E-state index contributed by atoms with van der Waals surface area (Å²) in [6, 6.07) is 17.0. The molecule has 1 saturated heterocycles. The molecular weight excluding hydrogens is 514 g/mol. The SMILES string of the molecule is CCOC(=O)c1ccc(N2C(=O)C(=O)/C(=C(\O)c3ccc(OCC)cc3OCC)C2c2ccc(OC)cc2)cc1. The lowest BCUT2D eigenvalue weighted by Crippen LogP contribution is -2.29. The molecule has 1 aliphatic rings. The second-order valence-corrected chi connectivity index (χ2v) is 8.73. The highest BCUT2D eigenvalue weighted by Crippen LogP contribution is 2.44. The maximum atomic E-state index is 13.5. The van der Waals surface area contributed by atoms with Gasteiger partial charge in [0.15, 0.2) is 0 Å². The van der Waals surface area contributed by atoms with Crippen LogP contribution in [0.15, 0.2) is 72.3 Å². The van der Waals surface area contributed by atoms with E-state index in [1.807, 2.05) is 6.92 Å². The van der Waals surface area contributed by atoms with Gasteiger partial charge in [0.25, 0.3) is 11.7 Å². The molecule has 0 saturated carbocycles. The van der Waals surface area contributed by atoms with Gasteiger partial charge >= 0.3 is 5.97 Å². The van der Waals surface area contributed by atoms with Gasteiger partial charge in [-0.05, 0) is 74.9 Å². The fourth-order valence-electron chi connectivity index (χ4n) is 4.55. The number of anilines is 1. The van der Waals surface area contributed by atoms with Gasteiger partial charge in [0.2, 0.25) is 0 Å². The molecule has 1 amide bonds. The highest BCUT2D eigenvalue weighted by molar-refractivity contribution is 6.51. The van der Waals surface area contributed by atoms with Crippen molar-refractivity contribution in [2.75, 3.05) is 31.8 Å². The van der Waals surface area contributed by atoms with Crippen LogP contribution >= 0.6 is 0 Å². The summed E-state index contributed by atoms with van der Waals surface area (Å²) in [6.45, 7) is 6.33. The van der Waals surface area contributed by atoms with E-state index in [0.29, 0.717) is 47.3 Å². The minimum absolute atomic E-state index is 0.102. The van der Waals surface area contributed by atoms with Gasteiger partial charge < -0.3 is 24.1 Å². The molecule has 3 aromatic carbocycles. The summed E-state index contributed by atoms with van der Waals surface area (Å²) >= 11 is 0. The van der Waals surface area contributed by atoms with E-state index in [-0.39, 0.29) is 23.5 Å². The lowest BCUT2D eigenvalue weighted by atomic mass is 9.94. The number of ketones is 1. The Morgan fingerprint density at radius 2 is 1.50 bits per heavy atom. The van der Waals surface area contributed by atoms with Crippen molar-refractivity contribution in [3.63, 3.8) is 0 Å². The maximum Gasteiger partial charge on any atom is 0.338 e. The molecule has 4 rings (SSSR count). The zero-order valence-corrected chi connectivity index (χ0v) is 22.8. The van der Waals surface area contributed by atoms with Crippen molar-refractivity contribution in [2.45, 2.75) is 26.8 Å². The summed E-state index contributed by atoms with van der Waals surface area (Å²) in [5, 5.41) is 11.6. The zero-order chi connectivity index (χ0) is 28.8. The standard InChI is InChI=1S/C31H31NO8/c1-5-38-23-16-17-24(25(18-23)39-6-2)28(33)26-27(19-10-14-22(37-4)15-11-19)32(30(35)29(26)34)21-12-8-20(9-13-21)31(36)40-7-3/h8-18,27,33H,5-7H2,1-4H3/b28-26-. The van der Waals surface area contributed by atoms with E-state index < -0.39 is 23.7 Å². The first-order valence-corrected chi connectivity index (χ1v) is 13.0. The van der Waals surface area contributed by atoms with Crippen LogP contribution in [0.25, 0.3) is 5.76 Å². The van der Waals surface area contributed by atoms with E-state index in [2.05, 4.69) is 0 Å². The third-order valence-electron chi connectivity index (χ3n) is 6.35. The number of aliphatic hydroxyl groups excluding tert-OH is 1. The van der Waals surface area contributed by atoms with Gasteiger partial charge in [-0.2, -0.15) is 0 Å². The van der Waals surface area contributed by atoms with Gasteiger partial charge in [0, 0.05) is 11.8 Å². The summed E-state index contributed by atoms with van der Waals surface area (Å²) in [5.41, 5.74) is 1.39. The van der Waals surface area contributed by atoms with Crippen LogP contribution in [0.4, 0.5) is 5.69 Å². The van der Waals surface area contributed by atoms with Crippen LogP contribution in [0.5, 0.6) is 17.2 Å². The fraction of sp³-hybridized carbons (Fsp3) is 0.258. The number of Topliss-reactive ketones (excluding diaryl/α,β-unsaturated/α-hetero) is 1. The molecule has 40 heavy (non-hydrogen) atoms. The largest absolute Gasteiger partial charge is 0.507 e. The van der Waals surface area contributed by atoms with Crippen molar-refractivity contribution in [1.82, 2.24) is 0 Å². The minimum atomic E-state index is -0.972. The number of ether oxygens (including phenoxy) is 4. The van der Waals surface area contributed by atoms with Crippen molar-refractivity contribution < 1.29 is 38.4 Å². The number of hydrogen-bond acceptors (Lipinski definition) is 8. The number of carbonyl (C=O) groups excluding carboxylic acids is 3. The third-order valence-corrected chi connectivity index (χ3v) is 6.35. The van der Waals surface area contributed by atoms with Crippen LogP contribution < -0.4 is 19.1 Å². The first kappa shape index (κ1) is 28.2. The van der Waals surface area contributed by atoms with Gasteiger partial charge in [-0.25, -0.2) is 4.79 Å². The van der Waals surface area contributed by atoms with Gasteiger partial charge in [-0.15, -0.1) is 0 Å². The van der Waals surface area contributed by atoms with Crippen LogP contribution in [-0.2, 0) is 14.3 Å². The van der Waals surface area contributed by atoms with Gasteiger partial charge in [-0.3, -0.25) is 14.5 Å². The Kier molecular flexibility index (Phi) is 8.73. The quantitative estimate of drug-likeness (QED) is 0.158. The van der Waals surface area contributed by atoms with E-state index in [1.165, 1.54) is 24.1 Å². The number of benzene rings is 3. The first-order valence-electron chi connectivity index (χ1n) is 13.0. The molecule has 0 radical (unpaired) electrons. The molecule has 3 aromatic rings. The maximum absolute atomic E-state index is 13.5. The summed E-state index contributed by atoms with van der Waals surface area (Å²) in [4.78, 5) is 40.5.